The molecule has 106 valence electrons. The lowest BCUT2D eigenvalue weighted by molar-refractivity contribution is 0.317. The molecule has 0 amide bonds. The molecule has 0 aromatic carbocycles. The molecule has 0 N–H and O–H groups in total. The van der Waals surface area contributed by atoms with Crippen molar-refractivity contribution in [2.24, 2.45) is 11.1 Å². The fraction of sp³-hybridized carbons (Fsp3) is 0.562. The van der Waals surface area contributed by atoms with Gasteiger partial charge in [0, 0.05) is 0 Å². The monoisotopic (exact) mass is 271 g/mol. The molecule has 1 unspecified atom stereocenters. The summed E-state index contributed by atoms with van der Waals surface area (Å²) in [6.45, 7) is 2.05. The first-order valence-electron chi connectivity index (χ1n) is 7.53. The molecule has 0 aliphatic heterocycles. The van der Waals surface area contributed by atoms with Gasteiger partial charge in [0.05, 0.1) is 23.7 Å². The third-order valence-electron chi connectivity index (χ3n) is 4.56. The Labute approximate surface area is 119 Å². The number of nitrogens with zero attached hydrogens (tertiary/aromatic N) is 3. The maximum Gasteiger partial charge on any atom is 0.133 e. The minimum absolute atomic E-state index is 0.254. The minimum Gasteiger partial charge on any atom is -0.301 e. The fourth-order valence-corrected chi connectivity index (χ4v) is 3.48. The van der Waals surface area contributed by atoms with E-state index in [-0.39, 0.29) is 6.04 Å². The van der Waals surface area contributed by atoms with Crippen LogP contribution in [0, 0.1) is 17.7 Å². The number of rotatable bonds is 4. The van der Waals surface area contributed by atoms with Gasteiger partial charge in [0.25, 0.3) is 0 Å². The Morgan fingerprint density at radius 3 is 2.90 bits per heavy atom. The number of imidazole rings is 1. The van der Waals surface area contributed by atoms with E-state index in [1.54, 1.807) is 6.33 Å². The summed E-state index contributed by atoms with van der Waals surface area (Å²) in [6, 6.07) is 3.84. The van der Waals surface area contributed by atoms with Crippen LogP contribution in [0.1, 0.15) is 55.8 Å². The van der Waals surface area contributed by atoms with Crippen LogP contribution in [-0.4, -0.2) is 9.38 Å². The first-order valence-corrected chi connectivity index (χ1v) is 7.53. The van der Waals surface area contributed by atoms with Crippen molar-refractivity contribution < 1.29 is 0 Å². The Bertz CT molecular complexity index is 599. The highest BCUT2D eigenvalue weighted by molar-refractivity contribution is 5.48. The normalized spacial score (nSPS) is 18.2. The lowest BCUT2D eigenvalue weighted by atomic mass is 9.84. The molecule has 0 spiro atoms. The Hall–Kier alpha value is -1.71. The number of aromatic nitrogens is 2. The van der Waals surface area contributed by atoms with Crippen LogP contribution in [-0.2, 0) is 0 Å². The summed E-state index contributed by atoms with van der Waals surface area (Å²) < 4.78 is 2.02. The predicted molar refractivity (Wildman–Crippen MR) is 79.7 cm³/mol. The SMILES string of the molecule is Cc1ccc2cncn2c1C(CC1CCCCC1)N=O. The van der Waals surface area contributed by atoms with E-state index in [9.17, 15) is 4.91 Å². The van der Waals surface area contributed by atoms with E-state index in [4.69, 9.17) is 0 Å². The zero-order valence-electron chi connectivity index (χ0n) is 12.0. The number of nitroso groups, excluding NO2 is 1. The summed E-state index contributed by atoms with van der Waals surface area (Å²) in [6.07, 6.45) is 10.9. The molecular weight excluding hydrogens is 250 g/mol. The van der Waals surface area contributed by atoms with Crippen molar-refractivity contribution >= 4 is 5.52 Å². The molecule has 4 nitrogen and oxygen atoms in total. The van der Waals surface area contributed by atoms with E-state index in [2.05, 4.69) is 16.2 Å². The van der Waals surface area contributed by atoms with E-state index in [1.807, 2.05) is 23.6 Å². The highest BCUT2D eigenvalue weighted by Gasteiger charge is 2.24. The van der Waals surface area contributed by atoms with Gasteiger partial charge in [-0.1, -0.05) is 43.3 Å². The summed E-state index contributed by atoms with van der Waals surface area (Å²) in [4.78, 5) is 15.6. The summed E-state index contributed by atoms with van der Waals surface area (Å²) in [5.74, 6) is 0.643. The van der Waals surface area contributed by atoms with Gasteiger partial charge in [-0.3, -0.25) is 0 Å². The van der Waals surface area contributed by atoms with E-state index in [0.29, 0.717) is 5.92 Å². The van der Waals surface area contributed by atoms with E-state index >= 15 is 0 Å². The molecule has 20 heavy (non-hydrogen) atoms. The second kappa shape index (κ2) is 5.73. The van der Waals surface area contributed by atoms with Crippen molar-refractivity contribution in [3.05, 3.63) is 40.8 Å². The number of fused-ring (bicyclic) bond motifs is 1. The molecule has 1 saturated carbocycles. The molecule has 2 aromatic heterocycles. The van der Waals surface area contributed by atoms with E-state index in [0.717, 1.165) is 23.2 Å². The first-order chi connectivity index (χ1) is 9.79. The summed E-state index contributed by atoms with van der Waals surface area (Å²) in [5.41, 5.74) is 3.17. The van der Waals surface area contributed by atoms with Crippen molar-refractivity contribution in [3.63, 3.8) is 0 Å². The molecule has 1 aliphatic carbocycles. The highest BCUT2D eigenvalue weighted by Crippen LogP contribution is 2.35. The lowest BCUT2D eigenvalue weighted by Gasteiger charge is -2.24. The van der Waals surface area contributed by atoms with Crippen molar-refractivity contribution in [1.82, 2.24) is 9.38 Å². The molecule has 0 bridgehead atoms. The van der Waals surface area contributed by atoms with Crippen LogP contribution in [0.4, 0.5) is 0 Å². The average Bonchev–Trinajstić information content (AvgIpc) is 2.95. The van der Waals surface area contributed by atoms with Crippen LogP contribution in [0.3, 0.4) is 0 Å². The molecule has 2 heterocycles. The van der Waals surface area contributed by atoms with Crippen LogP contribution in [0.15, 0.2) is 29.8 Å². The molecular formula is C16H21N3O. The van der Waals surface area contributed by atoms with Gasteiger partial charge in [-0.25, -0.2) is 4.98 Å². The van der Waals surface area contributed by atoms with E-state index < -0.39 is 0 Å². The zero-order chi connectivity index (χ0) is 13.9. The summed E-state index contributed by atoms with van der Waals surface area (Å²) in [7, 11) is 0. The molecule has 4 heteroatoms. The second-order valence-corrected chi connectivity index (χ2v) is 5.95. The largest absolute Gasteiger partial charge is 0.301 e. The number of hydrogen-bond donors (Lipinski definition) is 0. The topological polar surface area (TPSA) is 46.7 Å². The Balaban J connectivity index is 1.91. The highest BCUT2D eigenvalue weighted by atomic mass is 16.3. The van der Waals surface area contributed by atoms with Crippen LogP contribution < -0.4 is 0 Å². The van der Waals surface area contributed by atoms with Crippen LogP contribution >= 0.6 is 0 Å². The van der Waals surface area contributed by atoms with Gasteiger partial charge in [0.2, 0.25) is 0 Å². The fourth-order valence-electron chi connectivity index (χ4n) is 3.48. The molecule has 1 fully saturated rings. The predicted octanol–water partition coefficient (Wildman–Crippen LogP) is 4.42. The number of aryl methyl sites for hydroxylation is 1. The summed E-state index contributed by atoms with van der Waals surface area (Å²) >= 11 is 0. The number of hydrogen-bond acceptors (Lipinski definition) is 3. The van der Waals surface area contributed by atoms with Gasteiger partial charge in [-0.15, -0.1) is 0 Å². The van der Waals surface area contributed by atoms with Gasteiger partial charge in [-0.05, 0) is 30.9 Å². The second-order valence-electron chi connectivity index (χ2n) is 5.95. The van der Waals surface area contributed by atoms with Crippen molar-refractivity contribution in [1.29, 1.82) is 0 Å². The zero-order valence-corrected chi connectivity index (χ0v) is 12.0. The quantitative estimate of drug-likeness (QED) is 0.773. The minimum atomic E-state index is -0.254. The third kappa shape index (κ3) is 2.47. The Morgan fingerprint density at radius 2 is 2.15 bits per heavy atom. The Kier molecular flexibility index (Phi) is 3.81. The van der Waals surface area contributed by atoms with Crippen molar-refractivity contribution in [2.75, 3.05) is 0 Å². The standard InChI is InChI=1S/C16H21N3O/c1-12-7-8-14-10-17-11-19(14)16(12)15(18-20)9-13-5-3-2-4-6-13/h7-8,10-11,13,15H,2-6,9H2,1H3. The van der Waals surface area contributed by atoms with Gasteiger partial charge in [0.15, 0.2) is 0 Å². The average molecular weight is 271 g/mol. The molecule has 1 atom stereocenters. The summed E-state index contributed by atoms with van der Waals surface area (Å²) in [5, 5.41) is 3.44. The van der Waals surface area contributed by atoms with Gasteiger partial charge >= 0.3 is 0 Å². The molecule has 3 rings (SSSR count). The maximum atomic E-state index is 11.4. The Morgan fingerprint density at radius 1 is 1.35 bits per heavy atom. The maximum absolute atomic E-state index is 11.4. The molecule has 2 aromatic rings. The molecule has 0 radical (unpaired) electrons. The van der Waals surface area contributed by atoms with Crippen molar-refractivity contribution in [3.8, 4) is 0 Å². The van der Waals surface area contributed by atoms with Crippen LogP contribution in [0.5, 0.6) is 0 Å². The van der Waals surface area contributed by atoms with Gasteiger partial charge < -0.3 is 4.40 Å². The van der Waals surface area contributed by atoms with Gasteiger partial charge in [0.1, 0.15) is 6.04 Å². The lowest BCUT2D eigenvalue weighted by Crippen LogP contribution is -2.13. The third-order valence-corrected chi connectivity index (χ3v) is 4.56. The van der Waals surface area contributed by atoms with Crippen LogP contribution in [0.2, 0.25) is 0 Å². The first kappa shape index (κ1) is 13.3. The van der Waals surface area contributed by atoms with Gasteiger partial charge in [-0.2, -0.15) is 4.91 Å². The van der Waals surface area contributed by atoms with Crippen LogP contribution in [0.25, 0.3) is 5.52 Å². The van der Waals surface area contributed by atoms with Crippen molar-refractivity contribution in [2.45, 2.75) is 51.5 Å². The van der Waals surface area contributed by atoms with E-state index in [1.165, 1.54) is 32.1 Å². The smallest absolute Gasteiger partial charge is 0.133 e. The molecule has 0 saturated heterocycles. The number of pyridine rings is 1. The molecule has 1 aliphatic rings.